The van der Waals surface area contributed by atoms with Gasteiger partial charge in [-0.3, -0.25) is 4.98 Å². The van der Waals surface area contributed by atoms with E-state index in [0.717, 1.165) is 33.4 Å². The molecule has 0 saturated carbocycles. The van der Waals surface area contributed by atoms with E-state index < -0.39 is 0 Å². The van der Waals surface area contributed by atoms with Gasteiger partial charge in [-0.05, 0) is 30.2 Å². The molecule has 2 rings (SSSR count). The largest absolute Gasteiger partial charge is 0.492 e. The minimum Gasteiger partial charge on any atom is -0.492 e. The first kappa shape index (κ1) is 16.1. The highest BCUT2D eigenvalue weighted by molar-refractivity contribution is 7.99. The monoisotopic (exact) mass is 322 g/mol. The minimum atomic E-state index is -0.107. The number of ether oxygens (including phenoxy) is 1. The van der Waals surface area contributed by atoms with Crippen molar-refractivity contribution in [1.29, 1.82) is 0 Å². The van der Waals surface area contributed by atoms with E-state index in [-0.39, 0.29) is 6.04 Å². The van der Waals surface area contributed by atoms with Gasteiger partial charge in [0.25, 0.3) is 0 Å². The summed E-state index contributed by atoms with van der Waals surface area (Å²) >= 11 is 7.79. The number of halogens is 1. The van der Waals surface area contributed by atoms with E-state index in [1.165, 1.54) is 0 Å². The number of thioether (sulfide) groups is 1. The smallest absolute Gasteiger partial charge is 0.137 e. The fraction of sp³-hybridized carbons (Fsp3) is 0.312. The number of hydrogen-bond acceptors (Lipinski definition) is 4. The first-order valence-electron chi connectivity index (χ1n) is 6.91. The van der Waals surface area contributed by atoms with Crippen LogP contribution in [-0.2, 0) is 0 Å². The molecule has 1 aromatic carbocycles. The third-order valence-corrected chi connectivity index (χ3v) is 4.52. The average molecular weight is 323 g/mol. The second kappa shape index (κ2) is 8.27. The lowest BCUT2D eigenvalue weighted by molar-refractivity contribution is 0.315. The predicted molar refractivity (Wildman–Crippen MR) is 89.1 cm³/mol. The highest BCUT2D eigenvalue weighted by Crippen LogP contribution is 2.29. The van der Waals surface area contributed by atoms with Gasteiger partial charge in [0.1, 0.15) is 5.75 Å². The lowest BCUT2D eigenvalue weighted by Gasteiger charge is -2.13. The molecule has 0 radical (unpaired) electrons. The number of aromatic nitrogens is 1. The summed E-state index contributed by atoms with van der Waals surface area (Å²) in [4.78, 5) is 5.23. The van der Waals surface area contributed by atoms with E-state index in [1.54, 1.807) is 24.2 Å². The van der Waals surface area contributed by atoms with E-state index in [1.807, 2.05) is 30.3 Å². The first-order chi connectivity index (χ1) is 10.2. The Morgan fingerprint density at radius 1 is 1.33 bits per heavy atom. The van der Waals surface area contributed by atoms with Crippen molar-refractivity contribution in [3.63, 3.8) is 0 Å². The third-order valence-electron chi connectivity index (χ3n) is 2.89. The first-order valence-corrected chi connectivity index (χ1v) is 8.27. The Labute approximate surface area is 134 Å². The molecule has 0 aliphatic rings. The van der Waals surface area contributed by atoms with E-state index >= 15 is 0 Å². The van der Waals surface area contributed by atoms with Gasteiger partial charge in [-0.1, -0.05) is 30.7 Å². The topological polar surface area (TPSA) is 48.1 Å². The van der Waals surface area contributed by atoms with Gasteiger partial charge in [0.15, 0.2) is 0 Å². The average Bonchev–Trinajstić information content (AvgIpc) is 2.52. The minimum absolute atomic E-state index is 0.107. The predicted octanol–water partition coefficient (Wildman–Crippen LogP) is 4.32. The fourth-order valence-electron chi connectivity index (χ4n) is 1.77. The Kier molecular flexibility index (Phi) is 6.36. The molecule has 3 nitrogen and oxygen atoms in total. The Balaban J connectivity index is 1.97. The van der Waals surface area contributed by atoms with Crippen LogP contribution in [-0.4, -0.2) is 17.3 Å². The molecule has 1 atom stereocenters. The summed E-state index contributed by atoms with van der Waals surface area (Å²) in [6.45, 7) is 2.76. The maximum atomic E-state index is 6.23. The molecule has 0 aliphatic carbocycles. The van der Waals surface area contributed by atoms with Crippen LogP contribution in [0.1, 0.15) is 24.9 Å². The van der Waals surface area contributed by atoms with E-state index in [9.17, 15) is 0 Å². The Hall–Kier alpha value is -1.23. The number of rotatable bonds is 7. The maximum Gasteiger partial charge on any atom is 0.137 e. The van der Waals surface area contributed by atoms with Gasteiger partial charge in [0.05, 0.1) is 17.8 Å². The molecule has 112 valence electrons. The van der Waals surface area contributed by atoms with Gasteiger partial charge < -0.3 is 10.5 Å². The van der Waals surface area contributed by atoms with E-state index in [0.29, 0.717) is 6.61 Å². The zero-order chi connectivity index (χ0) is 15.1. The Bertz CT molecular complexity index is 580. The molecular formula is C16H19ClN2OS. The highest BCUT2D eigenvalue weighted by Gasteiger charge is 2.10. The van der Waals surface area contributed by atoms with Crippen LogP contribution >= 0.6 is 23.4 Å². The zero-order valence-electron chi connectivity index (χ0n) is 12.0. The van der Waals surface area contributed by atoms with Crippen molar-refractivity contribution < 1.29 is 4.74 Å². The standard InChI is InChI=1S/C16H19ClN2OS/c1-2-7-20-13-8-12(9-19-10-13)15(18)11-21-16-6-4-3-5-14(16)17/h3-6,8-10,15H,2,7,11,18H2,1H3. The molecule has 21 heavy (non-hydrogen) atoms. The van der Waals surface area contributed by atoms with Crippen molar-refractivity contribution in [3.8, 4) is 5.75 Å². The van der Waals surface area contributed by atoms with Crippen molar-refractivity contribution in [1.82, 2.24) is 4.98 Å². The maximum absolute atomic E-state index is 6.23. The van der Waals surface area contributed by atoms with Gasteiger partial charge in [-0.15, -0.1) is 11.8 Å². The summed E-state index contributed by atoms with van der Waals surface area (Å²) in [7, 11) is 0. The van der Waals surface area contributed by atoms with Gasteiger partial charge in [-0.25, -0.2) is 0 Å². The van der Waals surface area contributed by atoms with Gasteiger partial charge in [-0.2, -0.15) is 0 Å². The summed E-state index contributed by atoms with van der Waals surface area (Å²) in [5, 5.41) is 0.757. The summed E-state index contributed by atoms with van der Waals surface area (Å²) in [6.07, 6.45) is 4.47. The summed E-state index contributed by atoms with van der Waals surface area (Å²) < 4.78 is 5.58. The number of nitrogens with two attached hydrogens (primary N) is 1. The van der Waals surface area contributed by atoms with E-state index in [4.69, 9.17) is 22.1 Å². The number of hydrogen-bond donors (Lipinski definition) is 1. The second-order valence-electron chi connectivity index (χ2n) is 4.65. The quantitative estimate of drug-likeness (QED) is 0.771. The van der Waals surface area contributed by atoms with Crippen LogP contribution in [0, 0.1) is 0 Å². The van der Waals surface area contributed by atoms with Crippen LogP contribution in [0.25, 0.3) is 0 Å². The molecule has 0 amide bonds. The number of nitrogens with zero attached hydrogens (tertiary/aromatic N) is 1. The SMILES string of the molecule is CCCOc1cncc(C(N)CSc2ccccc2Cl)c1. The molecule has 0 aliphatic heterocycles. The van der Waals surface area contributed by atoms with Crippen molar-refractivity contribution >= 4 is 23.4 Å². The molecule has 0 fully saturated rings. The fourth-order valence-corrected chi connectivity index (χ4v) is 3.01. The highest BCUT2D eigenvalue weighted by atomic mass is 35.5. The molecule has 0 spiro atoms. The van der Waals surface area contributed by atoms with Crippen LogP contribution < -0.4 is 10.5 Å². The summed E-state index contributed by atoms with van der Waals surface area (Å²) in [5.74, 6) is 1.51. The third kappa shape index (κ3) is 4.92. The molecular weight excluding hydrogens is 304 g/mol. The van der Waals surface area contributed by atoms with Crippen LogP contribution in [0.3, 0.4) is 0 Å². The molecule has 0 bridgehead atoms. The molecule has 1 unspecified atom stereocenters. The molecule has 1 heterocycles. The molecule has 2 N–H and O–H groups in total. The van der Waals surface area contributed by atoms with Crippen LogP contribution in [0.5, 0.6) is 5.75 Å². The lowest BCUT2D eigenvalue weighted by Crippen LogP contribution is -2.13. The van der Waals surface area contributed by atoms with Crippen molar-refractivity contribution in [2.75, 3.05) is 12.4 Å². The van der Waals surface area contributed by atoms with Gasteiger partial charge in [0.2, 0.25) is 0 Å². The zero-order valence-corrected chi connectivity index (χ0v) is 13.5. The van der Waals surface area contributed by atoms with Crippen molar-refractivity contribution in [3.05, 3.63) is 53.3 Å². The van der Waals surface area contributed by atoms with Gasteiger partial charge in [0, 0.05) is 22.9 Å². The molecule has 5 heteroatoms. The Morgan fingerprint density at radius 3 is 2.90 bits per heavy atom. The van der Waals surface area contributed by atoms with Crippen molar-refractivity contribution in [2.24, 2.45) is 5.73 Å². The van der Waals surface area contributed by atoms with Crippen LogP contribution in [0.2, 0.25) is 5.02 Å². The Morgan fingerprint density at radius 2 is 2.14 bits per heavy atom. The number of benzene rings is 1. The normalized spacial score (nSPS) is 12.1. The second-order valence-corrected chi connectivity index (χ2v) is 6.12. The van der Waals surface area contributed by atoms with Crippen molar-refractivity contribution in [2.45, 2.75) is 24.3 Å². The van der Waals surface area contributed by atoms with Gasteiger partial charge >= 0.3 is 0 Å². The lowest BCUT2D eigenvalue weighted by atomic mass is 10.1. The molecule has 1 aromatic heterocycles. The number of pyridine rings is 1. The molecule has 0 saturated heterocycles. The summed E-state index contributed by atoms with van der Waals surface area (Å²) in [5.41, 5.74) is 7.21. The van der Waals surface area contributed by atoms with Crippen LogP contribution in [0.4, 0.5) is 0 Å². The van der Waals surface area contributed by atoms with E-state index in [2.05, 4.69) is 11.9 Å². The summed E-state index contributed by atoms with van der Waals surface area (Å²) in [6, 6.07) is 9.63. The molecule has 2 aromatic rings. The van der Waals surface area contributed by atoms with Crippen LogP contribution in [0.15, 0.2) is 47.6 Å².